The van der Waals surface area contributed by atoms with Crippen LogP contribution in [-0.4, -0.2) is 33.8 Å². The Morgan fingerprint density at radius 3 is 2.40 bits per heavy atom. The number of anilines is 1. The molecule has 2 heterocycles. The van der Waals surface area contributed by atoms with E-state index in [2.05, 4.69) is 31.1 Å². The van der Waals surface area contributed by atoms with Crippen LogP contribution in [-0.2, 0) is 10.2 Å². The Kier molecular flexibility index (Phi) is 4.85. The van der Waals surface area contributed by atoms with Crippen LogP contribution in [0.15, 0.2) is 60.8 Å². The number of nitrogens with one attached hydrogen (secondary N) is 1. The molecule has 0 aliphatic carbocycles. The van der Waals surface area contributed by atoms with Crippen molar-refractivity contribution in [3.05, 3.63) is 71.9 Å². The number of likely N-dealkylation sites (tertiary alicyclic amines) is 1. The van der Waals surface area contributed by atoms with Crippen LogP contribution in [0.3, 0.4) is 0 Å². The maximum atomic E-state index is 13.2. The van der Waals surface area contributed by atoms with Crippen LogP contribution in [0.1, 0.15) is 50.0 Å². The molecule has 5 nitrogen and oxygen atoms in total. The predicted octanol–water partition coefficient (Wildman–Crippen LogP) is 4.78. The molecule has 2 amide bonds. The van der Waals surface area contributed by atoms with E-state index in [1.165, 1.54) is 5.56 Å². The normalized spacial score (nSPS) is 18.7. The monoisotopic (exact) mass is 401 g/mol. The molecule has 3 aromatic rings. The van der Waals surface area contributed by atoms with Gasteiger partial charge in [-0.2, -0.15) is 0 Å². The molecule has 4 rings (SSSR count). The Labute approximate surface area is 177 Å². The molecular formula is C25H27N3O2. The zero-order chi connectivity index (χ0) is 21.5. The van der Waals surface area contributed by atoms with Gasteiger partial charge in [-0.3, -0.25) is 14.6 Å². The molecule has 154 valence electrons. The number of rotatable bonds is 3. The van der Waals surface area contributed by atoms with E-state index in [1.807, 2.05) is 61.5 Å². The van der Waals surface area contributed by atoms with Crippen molar-refractivity contribution in [2.75, 3.05) is 11.9 Å². The SMILES string of the molecule is CC(C)(C)c1ccc(C(=O)N2CCC2(C)C(=O)Nc2cccc3ncccc23)cc1. The molecule has 1 unspecified atom stereocenters. The number of carbonyl (C=O) groups excluding carboxylic acids is 2. The van der Waals surface area contributed by atoms with E-state index >= 15 is 0 Å². The van der Waals surface area contributed by atoms with E-state index in [-0.39, 0.29) is 17.2 Å². The number of hydrogen-bond donors (Lipinski definition) is 1. The Morgan fingerprint density at radius 1 is 1.03 bits per heavy atom. The fourth-order valence-corrected chi connectivity index (χ4v) is 3.86. The molecule has 0 spiro atoms. The minimum atomic E-state index is -0.871. The van der Waals surface area contributed by atoms with Crippen molar-refractivity contribution in [3.63, 3.8) is 0 Å². The topological polar surface area (TPSA) is 62.3 Å². The zero-order valence-electron chi connectivity index (χ0n) is 17.9. The molecule has 2 aromatic carbocycles. The quantitative estimate of drug-likeness (QED) is 0.687. The molecule has 1 aliphatic heterocycles. The molecule has 1 aromatic heterocycles. The number of pyridine rings is 1. The molecule has 1 saturated heterocycles. The van der Waals surface area contributed by atoms with E-state index in [4.69, 9.17) is 0 Å². The summed E-state index contributed by atoms with van der Waals surface area (Å²) in [5.74, 6) is -0.288. The van der Waals surface area contributed by atoms with Crippen LogP contribution < -0.4 is 5.32 Å². The van der Waals surface area contributed by atoms with Crippen LogP contribution >= 0.6 is 0 Å². The number of aromatic nitrogens is 1. The Bertz CT molecular complexity index is 1110. The highest BCUT2D eigenvalue weighted by atomic mass is 16.2. The van der Waals surface area contributed by atoms with Gasteiger partial charge in [0.1, 0.15) is 5.54 Å². The summed E-state index contributed by atoms with van der Waals surface area (Å²) in [6.07, 6.45) is 2.36. The molecule has 1 fully saturated rings. The third-order valence-corrected chi connectivity index (χ3v) is 6.04. The highest BCUT2D eigenvalue weighted by Gasteiger charge is 2.49. The first-order chi connectivity index (χ1) is 14.2. The van der Waals surface area contributed by atoms with Crippen molar-refractivity contribution in [1.82, 2.24) is 9.88 Å². The van der Waals surface area contributed by atoms with E-state index < -0.39 is 5.54 Å². The van der Waals surface area contributed by atoms with E-state index in [0.717, 1.165) is 10.9 Å². The smallest absolute Gasteiger partial charge is 0.254 e. The number of hydrogen-bond acceptors (Lipinski definition) is 3. The van der Waals surface area contributed by atoms with Gasteiger partial charge in [0.25, 0.3) is 5.91 Å². The highest BCUT2D eigenvalue weighted by molar-refractivity contribution is 6.08. The van der Waals surface area contributed by atoms with Gasteiger partial charge >= 0.3 is 0 Å². The van der Waals surface area contributed by atoms with Crippen LogP contribution in [0.25, 0.3) is 10.9 Å². The van der Waals surface area contributed by atoms with E-state index in [0.29, 0.717) is 24.2 Å². The summed E-state index contributed by atoms with van der Waals surface area (Å²) in [5, 5.41) is 3.90. The molecule has 1 aliphatic rings. The van der Waals surface area contributed by atoms with Crippen molar-refractivity contribution >= 4 is 28.4 Å². The number of benzene rings is 2. The van der Waals surface area contributed by atoms with Gasteiger partial charge in [0, 0.05) is 23.7 Å². The van der Waals surface area contributed by atoms with Crippen LogP contribution in [0.5, 0.6) is 0 Å². The summed E-state index contributed by atoms with van der Waals surface area (Å²) in [5.41, 5.74) is 2.47. The Hall–Kier alpha value is -3.21. The fourth-order valence-electron chi connectivity index (χ4n) is 3.86. The van der Waals surface area contributed by atoms with Crippen LogP contribution in [0.4, 0.5) is 5.69 Å². The average molecular weight is 402 g/mol. The zero-order valence-corrected chi connectivity index (χ0v) is 17.9. The first-order valence-corrected chi connectivity index (χ1v) is 10.3. The van der Waals surface area contributed by atoms with Gasteiger partial charge in [-0.1, -0.05) is 39.0 Å². The summed E-state index contributed by atoms with van der Waals surface area (Å²) < 4.78 is 0. The molecule has 0 bridgehead atoms. The number of amides is 2. The highest BCUT2D eigenvalue weighted by Crippen LogP contribution is 2.34. The van der Waals surface area contributed by atoms with Gasteiger partial charge in [-0.15, -0.1) is 0 Å². The van der Waals surface area contributed by atoms with Gasteiger partial charge in [-0.05, 0) is 60.7 Å². The average Bonchev–Trinajstić information content (AvgIpc) is 2.72. The minimum Gasteiger partial charge on any atom is -0.324 e. The molecule has 1 N–H and O–H groups in total. The lowest BCUT2D eigenvalue weighted by atomic mass is 9.84. The molecule has 1 atom stereocenters. The summed E-state index contributed by atoms with van der Waals surface area (Å²) in [6, 6.07) is 17.1. The predicted molar refractivity (Wildman–Crippen MR) is 120 cm³/mol. The Balaban J connectivity index is 1.54. The molecule has 30 heavy (non-hydrogen) atoms. The van der Waals surface area contributed by atoms with Gasteiger partial charge in [0.15, 0.2) is 0 Å². The number of carbonyl (C=O) groups is 2. The summed E-state index contributed by atoms with van der Waals surface area (Å²) >= 11 is 0. The third kappa shape index (κ3) is 3.45. The van der Waals surface area contributed by atoms with Gasteiger partial charge in [0.2, 0.25) is 5.91 Å². The lowest BCUT2D eigenvalue weighted by Gasteiger charge is -2.49. The largest absolute Gasteiger partial charge is 0.324 e. The van der Waals surface area contributed by atoms with Crippen molar-refractivity contribution in [2.45, 2.75) is 45.1 Å². The van der Waals surface area contributed by atoms with Crippen molar-refractivity contribution in [3.8, 4) is 0 Å². The fraction of sp³-hybridized carbons (Fsp3) is 0.320. The van der Waals surface area contributed by atoms with E-state index in [9.17, 15) is 9.59 Å². The Morgan fingerprint density at radius 2 is 1.77 bits per heavy atom. The van der Waals surface area contributed by atoms with Crippen LogP contribution in [0.2, 0.25) is 0 Å². The van der Waals surface area contributed by atoms with Gasteiger partial charge in [-0.25, -0.2) is 0 Å². The maximum absolute atomic E-state index is 13.2. The second-order valence-electron chi connectivity index (χ2n) is 9.14. The van der Waals surface area contributed by atoms with Crippen molar-refractivity contribution in [1.29, 1.82) is 0 Å². The second kappa shape index (κ2) is 7.24. The summed E-state index contributed by atoms with van der Waals surface area (Å²) in [6.45, 7) is 8.83. The second-order valence-corrected chi connectivity index (χ2v) is 9.14. The number of nitrogens with zero attached hydrogens (tertiary/aromatic N) is 2. The number of fused-ring (bicyclic) bond motifs is 1. The van der Waals surface area contributed by atoms with E-state index in [1.54, 1.807) is 11.1 Å². The lowest BCUT2D eigenvalue weighted by molar-refractivity contribution is -0.132. The van der Waals surface area contributed by atoms with Crippen molar-refractivity contribution < 1.29 is 9.59 Å². The first kappa shape index (κ1) is 20.1. The lowest BCUT2D eigenvalue weighted by Crippen LogP contribution is -2.66. The van der Waals surface area contributed by atoms with Crippen molar-refractivity contribution in [2.24, 2.45) is 0 Å². The van der Waals surface area contributed by atoms with Gasteiger partial charge in [0.05, 0.1) is 11.2 Å². The summed E-state index contributed by atoms with van der Waals surface area (Å²) in [4.78, 5) is 32.3. The molecule has 5 heteroatoms. The summed E-state index contributed by atoms with van der Waals surface area (Å²) in [7, 11) is 0. The minimum absolute atomic E-state index is 0.0278. The third-order valence-electron chi connectivity index (χ3n) is 6.04. The standard InChI is InChI=1S/C25H27N3O2/c1-24(2,3)18-12-10-17(11-13-18)22(29)28-16-14-25(28,4)23(30)27-21-9-5-8-20-19(21)7-6-15-26-20/h5-13,15H,14,16H2,1-4H3,(H,27,30). The van der Waals surface area contributed by atoms with Gasteiger partial charge < -0.3 is 10.2 Å². The maximum Gasteiger partial charge on any atom is 0.254 e. The molecule has 0 saturated carbocycles. The molecule has 0 radical (unpaired) electrons. The van der Waals surface area contributed by atoms with Crippen LogP contribution in [0, 0.1) is 0 Å². The molecular weight excluding hydrogens is 374 g/mol. The first-order valence-electron chi connectivity index (χ1n) is 10.3.